The van der Waals surface area contributed by atoms with E-state index in [1.807, 2.05) is 0 Å². The number of amides is 3. The lowest BCUT2D eigenvalue weighted by molar-refractivity contribution is -0.131. The van der Waals surface area contributed by atoms with Gasteiger partial charge in [0.25, 0.3) is 0 Å². The van der Waals surface area contributed by atoms with Crippen LogP contribution in [0.3, 0.4) is 0 Å². The monoisotopic (exact) mass is 542 g/mol. The van der Waals surface area contributed by atoms with Crippen LogP contribution in [0.5, 0.6) is 0 Å². The van der Waals surface area contributed by atoms with E-state index in [1.165, 1.54) is 23.1 Å². The van der Waals surface area contributed by atoms with Crippen LogP contribution < -0.4 is 10.2 Å². The number of thioether (sulfide) groups is 1. The smallest absolute Gasteiger partial charge is 0.341 e. The summed E-state index contributed by atoms with van der Waals surface area (Å²) in [4.78, 5) is 64.5. The van der Waals surface area contributed by atoms with E-state index in [4.69, 9.17) is 9.84 Å². The number of anilines is 2. The molecule has 0 bridgehead atoms. The van der Waals surface area contributed by atoms with E-state index in [0.29, 0.717) is 28.6 Å². The van der Waals surface area contributed by atoms with Crippen molar-refractivity contribution in [3.63, 3.8) is 0 Å². The minimum Gasteiger partial charge on any atom is -0.478 e. The molecule has 9 nitrogen and oxygen atoms in total. The largest absolute Gasteiger partial charge is 0.478 e. The third kappa shape index (κ3) is 5.94. The number of hydrogen-bond donors (Lipinski definition) is 2. The molecule has 2 unspecified atom stereocenters. The average Bonchev–Trinajstić information content (AvgIpc) is 3.34. The van der Waals surface area contributed by atoms with Crippen LogP contribution in [0.25, 0.3) is 0 Å². The zero-order valence-electron chi connectivity index (χ0n) is 20.3. The highest BCUT2D eigenvalue weighted by Gasteiger charge is 2.44. The van der Waals surface area contributed by atoms with E-state index in [2.05, 4.69) is 12.2 Å². The Morgan fingerprint density at radius 1 is 1.19 bits per heavy atom. The Morgan fingerprint density at radius 3 is 2.59 bits per heavy atom. The van der Waals surface area contributed by atoms with Gasteiger partial charge in [0.2, 0.25) is 17.7 Å². The first-order chi connectivity index (χ1) is 17.7. The van der Waals surface area contributed by atoms with Crippen LogP contribution in [0, 0.1) is 5.92 Å². The second-order valence-electron chi connectivity index (χ2n) is 8.82. The maximum Gasteiger partial charge on any atom is 0.341 e. The summed E-state index contributed by atoms with van der Waals surface area (Å²) >= 11 is 2.57. The van der Waals surface area contributed by atoms with Crippen molar-refractivity contribution in [3.8, 4) is 0 Å². The molecule has 0 spiro atoms. The van der Waals surface area contributed by atoms with Crippen LogP contribution in [-0.2, 0) is 36.8 Å². The van der Waals surface area contributed by atoms with Gasteiger partial charge in [-0.15, -0.1) is 23.1 Å². The Morgan fingerprint density at radius 2 is 1.92 bits per heavy atom. The number of nitrogens with one attached hydrogen (secondary N) is 1. The van der Waals surface area contributed by atoms with Crippen molar-refractivity contribution >= 4 is 63.4 Å². The molecule has 1 aromatic carbocycles. The zero-order chi connectivity index (χ0) is 26.7. The van der Waals surface area contributed by atoms with Gasteiger partial charge in [-0.1, -0.05) is 6.92 Å². The van der Waals surface area contributed by atoms with Crippen molar-refractivity contribution in [2.24, 2.45) is 5.92 Å². The van der Waals surface area contributed by atoms with Crippen LogP contribution >= 0.6 is 23.1 Å². The van der Waals surface area contributed by atoms with Crippen molar-refractivity contribution < 1.29 is 33.8 Å². The number of nitrogens with zero attached hydrogens (tertiary/aromatic N) is 1. The average molecular weight is 543 g/mol. The molecule has 1 aliphatic carbocycles. The number of carbonyl (C=O) groups excluding carboxylic acids is 4. The lowest BCUT2D eigenvalue weighted by atomic mass is 9.88. The lowest BCUT2D eigenvalue weighted by Gasteiger charge is -2.18. The summed E-state index contributed by atoms with van der Waals surface area (Å²) in [6.07, 6.45) is 4.10. The van der Waals surface area contributed by atoms with Crippen LogP contribution in [0.1, 0.15) is 47.5 Å². The number of thiophene rings is 1. The van der Waals surface area contributed by atoms with Gasteiger partial charge in [0.05, 0.1) is 17.4 Å². The zero-order valence-corrected chi connectivity index (χ0v) is 21.9. The molecule has 2 aromatic rings. The summed E-state index contributed by atoms with van der Waals surface area (Å²) in [7, 11) is 0. The van der Waals surface area contributed by atoms with E-state index in [1.54, 1.807) is 31.2 Å². The first-order valence-corrected chi connectivity index (χ1v) is 13.5. The van der Waals surface area contributed by atoms with Crippen molar-refractivity contribution in [1.82, 2.24) is 0 Å². The molecule has 2 heterocycles. The number of hydrogen-bond acceptors (Lipinski definition) is 8. The molecule has 0 saturated carbocycles. The third-order valence-corrected chi connectivity index (χ3v) is 8.50. The van der Waals surface area contributed by atoms with Gasteiger partial charge in [0.1, 0.15) is 5.00 Å². The van der Waals surface area contributed by atoms with Crippen molar-refractivity contribution in [2.45, 2.75) is 49.7 Å². The number of aliphatic carboxylic acids is 1. The fourth-order valence-electron chi connectivity index (χ4n) is 4.33. The van der Waals surface area contributed by atoms with Gasteiger partial charge in [-0.3, -0.25) is 14.4 Å². The van der Waals surface area contributed by atoms with Gasteiger partial charge in [0.15, 0.2) is 0 Å². The molecule has 1 aromatic heterocycles. The molecule has 1 aliphatic heterocycles. The first-order valence-electron chi connectivity index (χ1n) is 11.8. The molecular weight excluding hydrogens is 516 g/mol. The number of carboxylic acid groups (broad SMARTS) is 1. The number of imide groups is 1. The van der Waals surface area contributed by atoms with Crippen LogP contribution in [-0.4, -0.2) is 46.6 Å². The van der Waals surface area contributed by atoms with E-state index in [-0.39, 0.29) is 24.8 Å². The summed E-state index contributed by atoms with van der Waals surface area (Å²) in [6, 6.07) is 6.66. The number of rotatable bonds is 8. The second-order valence-corrected chi connectivity index (χ2v) is 11.2. The molecule has 2 atom stereocenters. The van der Waals surface area contributed by atoms with Crippen LogP contribution in [0.4, 0.5) is 10.7 Å². The van der Waals surface area contributed by atoms with E-state index in [9.17, 15) is 24.0 Å². The van der Waals surface area contributed by atoms with Crippen LogP contribution in [0.15, 0.2) is 41.3 Å². The Hall–Kier alpha value is -3.44. The molecule has 4 rings (SSSR count). The van der Waals surface area contributed by atoms with Gasteiger partial charge in [-0.2, -0.15) is 0 Å². The van der Waals surface area contributed by atoms with Crippen molar-refractivity contribution in [1.29, 1.82) is 0 Å². The van der Waals surface area contributed by atoms with Gasteiger partial charge >= 0.3 is 11.9 Å². The number of esters is 1. The normalized spacial score (nSPS) is 19.2. The first kappa shape index (κ1) is 26.6. The highest BCUT2D eigenvalue weighted by atomic mass is 32.2. The molecule has 194 valence electrons. The van der Waals surface area contributed by atoms with Gasteiger partial charge < -0.3 is 15.2 Å². The lowest BCUT2D eigenvalue weighted by Crippen LogP contribution is -2.32. The van der Waals surface area contributed by atoms with Crippen LogP contribution in [0.2, 0.25) is 0 Å². The molecule has 2 N–H and O–H groups in total. The highest BCUT2D eigenvalue weighted by molar-refractivity contribution is 8.00. The van der Waals surface area contributed by atoms with E-state index >= 15 is 0 Å². The second kappa shape index (κ2) is 11.3. The molecule has 11 heteroatoms. The summed E-state index contributed by atoms with van der Waals surface area (Å²) < 4.78 is 5.29. The molecule has 1 fully saturated rings. The van der Waals surface area contributed by atoms with Crippen molar-refractivity contribution in [2.75, 3.05) is 16.8 Å². The Kier molecular flexibility index (Phi) is 8.13. The van der Waals surface area contributed by atoms with E-state index in [0.717, 1.165) is 45.2 Å². The minimum absolute atomic E-state index is 0.00318. The molecule has 1 saturated heterocycles. The summed E-state index contributed by atoms with van der Waals surface area (Å²) in [5, 5.41) is 10.9. The van der Waals surface area contributed by atoms with Gasteiger partial charge in [-0.25, -0.2) is 14.5 Å². The minimum atomic E-state index is -1.22. The number of benzene rings is 1. The Labute approximate surface area is 221 Å². The topological polar surface area (TPSA) is 130 Å². The van der Waals surface area contributed by atoms with Crippen molar-refractivity contribution in [3.05, 3.63) is 52.4 Å². The maximum absolute atomic E-state index is 13.4. The number of ether oxygens (including phenoxy) is 1. The standard InChI is InChI=1S/C26H26N2O7S2/c1-3-35-26(34)23-17-9-4-14(2)12-18(17)37-25(23)28-21(30)13-19(24(28)33)36-16-7-5-15(6-8-16)27-20(29)10-11-22(31)32/h5-8,10-11,14,19H,3-4,9,12-13H2,1-2H3,(H,27,29)(H,31,32). The fraction of sp³-hybridized carbons (Fsp3) is 0.346. The predicted molar refractivity (Wildman–Crippen MR) is 140 cm³/mol. The number of carboxylic acids is 1. The third-order valence-electron chi connectivity index (χ3n) is 6.06. The molecule has 3 amide bonds. The highest BCUT2D eigenvalue weighted by Crippen LogP contribution is 2.45. The number of fused-ring (bicyclic) bond motifs is 1. The SMILES string of the molecule is CCOC(=O)c1c(N2C(=O)CC(Sc3ccc(NC(=O)C=CC(=O)O)cc3)C2=O)sc2c1CCC(C)C2. The Bertz CT molecular complexity index is 1280. The molecule has 0 radical (unpaired) electrons. The fourth-order valence-corrected chi connectivity index (χ4v) is 6.90. The quantitative estimate of drug-likeness (QED) is 0.290. The maximum atomic E-state index is 13.4. The van der Waals surface area contributed by atoms with Gasteiger partial charge in [-0.05, 0) is 61.9 Å². The molecule has 37 heavy (non-hydrogen) atoms. The summed E-state index contributed by atoms with van der Waals surface area (Å²) in [5.74, 6) is -2.57. The van der Waals surface area contributed by atoms with Gasteiger partial charge in [0, 0.05) is 34.0 Å². The molecule has 2 aliphatic rings. The summed E-state index contributed by atoms with van der Waals surface area (Å²) in [5.41, 5.74) is 1.69. The number of carbonyl (C=O) groups is 5. The Balaban J connectivity index is 1.51. The predicted octanol–water partition coefficient (Wildman–Crippen LogP) is 4.05. The molecular formula is C26H26N2O7S2. The van der Waals surface area contributed by atoms with E-state index < -0.39 is 23.1 Å². The summed E-state index contributed by atoms with van der Waals surface area (Å²) in [6.45, 7) is 4.07.